The Morgan fingerprint density at radius 1 is 1.12 bits per heavy atom. The fourth-order valence-electron chi connectivity index (χ4n) is 2.74. The monoisotopic (exact) mass is 322 g/mol. The third-order valence-electron chi connectivity index (χ3n) is 3.83. The summed E-state index contributed by atoms with van der Waals surface area (Å²) in [6, 6.07) is 15.0. The summed E-state index contributed by atoms with van der Waals surface area (Å²) in [4.78, 5) is 12.9. The standard InChI is InChI=1S/C20H22N2O2/c1-20(2,3)13-22-17-12-15(24-4)10-11-16(17)18(21-22)19(23)14-8-6-5-7-9-14/h5-12H,13H2,1-4H3. The zero-order chi connectivity index (χ0) is 17.3. The Balaban J connectivity index is 2.16. The largest absolute Gasteiger partial charge is 0.497 e. The van der Waals surface area contributed by atoms with E-state index in [-0.39, 0.29) is 11.2 Å². The van der Waals surface area contributed by atoms with Crippen molar-refractivity contribution in [3.63, 3.8) is 0 Å². The van der Waals surface area contributed by atoms with Gasteiger partial charge >= 0.3 is 0 Å². The lowest BCUT2D eigenvalue weighted by Crippen LogP contribution is -2.17. The van der Waals surface area contributed by atoms with Crippen LogP contribution in [0.4, 0.5) is 0 Å². The quantitative estimate of drug-likeness (QED) is 0.672. The molecule has 0 fully saturated rings. The van der Waals surface area contributed by atoms with Gasteiger partial charge in [-0.25, -0.2) is 0 Å². The van der Waals surface area contributed by atoms with E-state index in [0.29, 0.717) is 11.3 Å². The second kappa shape index (κ2) is 6.11. The molecule has 0 spiro atoms. The minimum atomic E-state index is -0.0570. The van der Waals surface area contributed by atoms with Crippen LogP contribution in [0.3, 0.4) is 0 Å². The molecule has 0 saturated heterocycles. The summed E-state index contributed by atoms with van der Waals surface area (Å²) < 4.78 is 7.25. The van der Waals surface area contributed by atoms with Gasteiger partial charge in [0.15, 0.2) is 0 Å². The first kappa shape index (κ1) is 16.2. The lowest BCUT2D eigenvalue weighted by atomic mass is 9.97. The van der Waals surface area contributed by atoms with Crippen LogP contribution in [-0.4, -0.2) is 22.7 Å². The highest BCUT2D eigenvalue weighted by atomic mass is 16.5. The van der Waals surface area contributed by atoms with E-state index in [2.05, 4.69) is 25.9 Å². The third kappa shape index (κ3) is 3.18. The van der Waals surface area contributed by atoms with E-state index in [9.17, 15) is 4.79 Å². The number of hydrogen-bond donors (Lipinski definition) is 0. The van der Waals surface area contributed by atoms with E-state index >= 15 is 0 Å². The van der Waals surface area contributed by atoms with Crippen molar-refractivity contribution >= 4 is 16.7 Å². The second-order valence-corrected chi connectivity index (χ2v) is 7.15. The van der Waals surface area contributed by atoms with Crippen LogP contribution in [-0.2, 0) is 6.54 Å². The highest BCUT2D eigenvalue weighted by molar-refractivity contribution is 6.14. The van der Waals surface area contributed by atoms with E-state index in [4.69, 9.17) is 4.74 Å². The van der Waals surface area contributed by atoms with E-state index in [1.54, 1.807) is 7.11 Å². The molecule has 1 heterocycles. The van der Waals surface area contributed by atoms with Crippen molar-refractivity contribution in [2.75, 3.05) is 7.11 Å². The average molecular weight is 322 g/mol. The Morgan fingerprint density at radius 3 is 2.46 bits per heavy atom. The van der Waals surface area contributed by atoms with E-state index in [0.717, 1.165) is 23.2 Å². The van der Waals surface area contributed by atoms with E-state index in [1.807, 2.05) is 53.2 Å². The van der Waals surface area contributed by atoms with Crippen molar-refractivity contribution in [2.45, 2.75) is 27.3 Å². The maximum atomic E-state index is 12.9. The third-order valence-corrected chi connectivity index (χ3v) is 3.83. The van der Waals surface area contributed by atoms with Crippen molar-refractivity contribution in [1.29, 1.82) is 0 Å². The molecule has 3 rings (SSSR count). The molecule has 0 aliphatic carbocycles. The van der Waals surface area contributed by atoms with Gasteiger partial charge in [0.25, 0.3) is 0 Å². The summed E-state index contributed by atoms with van der Waals surface area (Å²) in [5.74, 6) is 0.703. The lowest BCUT2D eigenvalue weighted by Gasteiger charge is -2.18. The van der Waals surface area contributed by atoms with Crippen LogP contribution in [0.5, 0.6) is 5.75 Å². The average Bonchev–Trinajstić information content (AvgIpc) is 2.91. The van der Waals surface area contributed by atoms with Crippen molar-refractivity contribution in [3.05, 3.63) is 59.8 Å². The number of ether oxygens (including phenoxy) is 1. The van der Waals surface area contributed by atoms with Crippen molar-refractivity contribution in [1.82, 2.24) is 9.78 Å². The molecule has 4 heteroatoms. The number of fused-ring (bicyclic) bond motifs is 1. The van der Waals surface area contributed by atoms with Crippen molar-refractivity contribution in [2.24, 2.45) is 5.41 Å². The zero-order valence-electron chi connectivity index (χ0n) is 14.5. The van der Waals surface area contributed by atoms with Gasteiger partial charge < -0.3 is 4.74 Å². The number of ketones is 1. The summed E-state index contributed by atoms with van der Waals surface area (Å²) in [5, 5.41) is 5.49. The number of nitrogens with zero attached hydrogens (tertiary/aromatic N) is 2. The van der Waals surface area contributed by atoms with Gasteiger partial charge in [-0.05, 0) is 17.5 Å². The SMILES string of the molecule is COc1ccc2c(C(=O)c3ccccc3)nn(CC(C)(C)C)c2c1. The van der Waals surface area contributed by atoms with E-state index in [1.165, 1.54) is 0 Å². The van der Waals surface area contributed by atoms with Gasteiger partial charge in [0.2, 0.25) is 5.78 Å². The van der Waals surface area contributed by atoms with Crippen LogP contribution in [0.2, 0.25) is 0 Å². The molecule has 0 bridgehead atoms. The summed E-state index contributed by atoms with van der Waals surface area (Å²) in [7, 11) is 1.64. The predicted octanol–water partition coefficient (Wildman–Crippen LogP) is 4.32. The van der Waals surface area contributed by atoms with Gasteiger partial charge in [-0.1, -0.05) is 51.1 Å². The number of hydrogen-bond acceptors (Lipinski definition) is 3. The first-order chi connectivity index (χ1) is 11.4. The summed E-state index contributed by atoms with van der Waals surface area (Å²) in [6.45, 7) is 7.18. The molecule has 0 radical (unpaired) electrons. The number of methoxy groups -OCH3 is 1. The zero-order valence-corrected chi connectivity index (χ0v) is 14.5. The molecule has 124 valence electrons. The number of rotatable bonds is 4. The van der Waals surface area contributed by atoms with Gasteiger partial charge in [-0.3, -0.25) is 9.48 Å². The van der Waals surface area contributed by atoms with Crippen LogP contribution in [0.25, 0.3) is 10.9 Å². The summed E-state index contributed by atoms with van der Waals surface area (Å²) in [6.07, 6.45) is 0. The van der Waals surface area contributed by atoms with Crippen LogP contribution < -0.4 is 4.74 Å². The van der Waals surface area contributed by atoms with Gasteiger partial charge in [0, 0.05) is 23.6 Å². The Bertz CT molecular complexity index is 874. The Morgan fingerprint density at radius 2 is 1.83 bits per heavy atom. The number of carbonyl (C=O) groups is 1. The molecule has 0 N–H and O–H groups in total. The minimum Gasteiger partial charge on any atom is -0.497 e. The fraction of sp³-hybridized carbons (Fsp3) is 0.300. The van der Waals surface area contributed by atoms with Crippen molar-refractivity contribution in [3.8, 4) is 5.75 Å². The fourth-order valence-corrected chi connectivity index (χ4v) is 2.74. The molecule has 1 aromatic heterocycles. The van der Waals surface area contributed by atoms with Gasteiger partial charge in [0.1, 0.15) is 11.4 Å². The first-order valence-electron chi connectivity index (χ1n) is 8.03. The molecule has 0 unspecified atom stereocenters. The maximum Gasteiger partial charge on any atom is 0.213 e. The Labute approximate surface area is 142 Å². The van der Waals surface area contributed by atoms with E-state index < -0.39 is 0 Å². The van der Waals surface area contributed by atoms with Crippen LogP contribution in [0, 0.1) is 5.41 Å². The minimum absolute atomic E-state index is 0.0507. The van der Waals surface area contributed by atoms with Gasteiger partial charge in [-0.2, -0.15) is 5.10 Å². The Kier molecular flexibility index (Phi) is 4.14. The molecule has 0 atom stereocenters. The van der Waals surface area contributed by atoms with Crippen LogP contribution in [0.1, 0.15) is 36.8 Å². The topological polar surface area (TPSA) is 44.1 Å². The maximum absolute atomic E-state index is 12.9. The van der Waals surface area contributed by atoms with Crippen molar-refractivity contribution < 1.29 is 9.53 Å². The smallest absolute Gasteiger partial charge is 0.213 e. The van der Waals surface area contributed by atoms with Gasteiger partial charge in [-0.15, -0.1) is 0 Å². The highest BCUT2D eigenvalue weighted by Gasteiger charge is 2.21. The highest BCUT2D eigenvalue weighted by Crippen LogP contribution is 2.28. The molecule has 2 aromatic carbocycles. The normalized spacial score (nSPS) is 11.7. The molecular formula is C20H22N2O2. The summed E-state index contributed by atoms with van der Waals surface area (Å²) in [5.41, 5.74) is 2.11. The van der Waals surface area contributed by atoms with Gasteiger partial charge in [0.05, 0.1) is 12.6 Å². The number of aromatic nitrogens is 2. The second-order valence-electron chi connectivity index (χ2n) is 7.15. The molecule has 4 nitrogen and oxygen atoms in total. The molecular weight excluding hydrogens is 300 g/mol. The molecule has 3 aromatic rings. The van der Waals surface area contributed by atoms with Crippen LogP contribution >= 0.6 is 0 Å². The lowest BCUT2D eigenvalue weighted by molar-refractivity contribution is 0.103. The molecule has 0 aliphatic rings. The number of carbonyl (C=O) groups excluding carboxylic acids is 1. The number of benzene rings is 2. The molecule has 0 aliphatic heterocycles. The predicted molar refractivity (Wildman–Crippen MR) is 95.6 cm³/mol. The van der Waals surface area contributed by atoms with Crippen LogP contribution in [0.15, 0.2) is 48.5 Å². The molecule has 24 heavy (non-hydrogen) atoms. The summed E-state index contributed by atoms with van der Waals surface area (Å²) >= 11 is 0. The molecule has 0 saturated carbocycles. The first-order valence-corrected chi connectivity index (χ1v) is 8.03. The Hall–Kier alpha value is -2.62. The molecule has 0 amide bonds.